The normalized spacial score (nSPS) is 1.50. The van der Waals surface area contributed by atoms with Crippen LogP contribution in [0.25, 0.3) is 0 Å². The third kappa shape index (κ3) is 0. The minimum absolute atomic E-state index is 0. The van der Waals surface area contributed by atoms with Gasteiger partial charge in [-0.1, -0.05) is 7.43 Å². The molecular formula is C3H9Rf-. The first kappa shape index (κ1) is 0. The standard InChI is InChI=1S/C2H5.CH4.Rf/c1-2;;/h1H2,2H3;1H4;/q-1;;. The Labute approximate surface area is 22.5 Å². The van der Waals surface area contributed by atoms with Gasteiger partial charge in [0.05, 0.1) is 0 Å². The second-order valence-electron chi connectivity index (χ2n) is 0. The summed E-state index contributed by atoms with van der Waals surface area (Å²) in [6.45, 7) is 5.00. The molecule has 0 saturated heterocycles. The van der Waals surface area contributed by atoms with Crippen molar-refractivity contribution in [3.05, 3.63) is 6.92 Å². The molecule has 0 nitrogen and oxygen atoms in total. The van der Waals surface area contributed by atoms with Crippen LogP contribution in [0.15, 0.2) is 0 Å². The van der Waals surface area contributed by atoms with Crippen molar-refractivity contribution in [2.75, 3.05) is 0 Å². The summed E-state index contributed by atoms with van der Waals surface area (Å²) < 4.78 is 0. The van der Waals surface area contributed by atoms with Gasteiger partial charge >= 0.3 is 0 Å². The van der Waals surface area contributed by atoms with Crippen molar-refractivity contribution in [1.29, 1.82) is 0 Å². The predicted molar refractivity (Wildman–Crippen MR) is 17.8 cm³/mol. The molecule has 0 amide bonds. The van der Waals surface area contributed by atoms with Crippen molar-refractivity contribution in [3.63, 3.8) is 0 Å². The molecule has 0 heterocycles. The Morgan fingerprint density at radius 3 is 1.25 bits per heavy atom. The van der Waals surface area contributed by atoms with Gasteiger partial charge in [-0.2, -0.15) is 6.92 Å². The summed E-state index contributed by atoms with van der Waals surface area (Å²) in [7, 11) is 0. The first-order chi connectivity index (χ1) is 1.00. The van der Waals surface area contributed by atoms with E-state index in [2.05, 4.69) is 6.92 Å². The fraction of sp³-hybridized carbons (Fsp3) is 0.667. The number of hydrogen-bond donors (Lipinski definition) is 0. The molecule has 0 aliphatic heterocycles. The minimum atomic E-state index is 0. The van der Waals surface area contributed by atoms with E-state index in [0.717, 1.165) is 0 Å². The first-order valence-corrected chi connectivity index (χ1v) is 0.707. The summed E-state index contributed by atoms with van der Waals surface area (Å²) in [5.74, 6) is 0. The first-order valence-electron chi connectivity index (χ1n) is 0.707. The molecule has 0 rings (SSSR count). The molecular weight excluding hydrogens is 303 g/mol. The van der Waals surface area contributed by atoms with Crippen LogP contribution in [0.1, 0.15) is 14.4 Å². The van der Waals surface area contributed by atoms with Gasteiger partial charge in [0, 0.05) is 0 Å². The van der Waals surface area contributed by atoms with Crippen LogP contribution in [0.4, 0.5) is 0 Å². The van der Waals surface area contributed by atoms with E-state index in [-0.39, 0.29) is 7.43 Å². The average Bonchev–Trinajstić information content (AvgIpc) is 1.00. The zero-order chi connectivity index (χ0) is 2.00. The molecule has 0 saturated carbocycles. The van der Waals surface area contributed by atoms with Crippen LogP contribution in [0.3, 0.4) is 0 Å². The zero-order valence-corrected chi connectivity index (χ0v) is 8.81. The summed E-state index contributed by atoms with van der Waals surface area (Å²) in [6.07, 6.45) is 0. The monoisotopic (exact) mass is 312 g/mol. The van der Waals surface area contributed by atoms with Crippen LogP contribution >= 0.6 is 0 Å². The van der Waals surface area contributed by atoms with Gasteiger partial charge in [0.1, 0.15) is 0 Å². The van der Waals surface area contributed by atoms with Gasteiger partial charge in [-0.25, -0.2) is 0 Å². The van der Waals surface area contributed by atoms with Crippen molar-refractivity contribution < 1.29 is 0 Å². The molecule has 0 aromatic rings. The fourth-order valence-electron chi connectivity index (χ4n) is 0. The molecule has 0 N–H and O–H groups in total. The van der Waals surface area contributed by atoms with Crippen LogP contribution in [-0.4, -0.2) is 0 Å². The van der Waals surface area contributed by atoms with E-state index in [4.69, 9.17) is 0 Å². The average molecular weight is 312 g/mol. The van der Waals surface area contributed by atoms with Gasteiger partial charge in [-0.3, -0.25) is 0 Å². The second-order valence-corrected chi connectivity index (χ2v) is 0. The van der Waals surface area contributed by atoms with Gasteiger partial charge in [-0.15, -0.1) is 0 Å². The van der Waals surface area contributed by atoms with E-state index >= 15 is 0 Å². The van der Waals surface area contributed by atoms with Crippen LogP contribution in [0, 0.1) is 6.92 Å². The molecule has 0 bridgehead atoms. The van der Waals surface area contributed by atoms with Crippen molar-refractivity contribution in [1.82, 2.24) is 0 Å². The van der Waals surface area contributed by atoms with Crippen LogP contribution in [-0.2, 0) is 0 Å². The maximum Gasteiger partial charge on any atom is 0 e. The molecule has 0 aromatic heterocycles. The van der Waals surface area contributed by atoms with Gasteiger partial charge in [0.25, 0.3) is 0 Å². The molecule has 0 radical (unpaired) electrons. The van der Waals surface area contributed by atoms with Crippen molar-refractivity contribution in [2.24, 2.45) is 0 Å². The third-order valence-corrected chi connectivity index (χ3v) is 0. The van der Waals surface area contributed by atoms with E-state index < -0.39 is 0 Å². The summed E-state index contributed by atoms with van der Waals surface area (Å²) in [5, 5.41) is 0. The molecule has 0 aliphatic carbocycles. The quantitative estimate of drug-likeness (QED) is 0.595. The maximum absolute atomic E-state index is 3.25. The van der Waals surface area contributed by atoms with Gasteiger partial charge < -0.3 is 6.92 Å². The Morgan fingerprint density at radius 2 is 1.25 bits per heavy atom. The zero-order valence-electron chi connectivity index (χ0n) is 2.41. The minimum Gasteiger partial charge on any atom is -0.346 e. The SMILES string of the molecule is C.[CH2-]C.[Rf]. The Balaban J connectivity index is -0.00000000500. The Morgan fingerprint density at radius 1 is 1.25 bits per heavy atom. The van der Waals surface area contributed by atoms with Crippen LogP contribution in [0.5, 0.6) is 0 Å². The summed E-state index contributed by atoms with van der Waals surface area (Å²) >= 11 is 0. The molecule has 0 spiro atoms. The van der Waals surface area contributed by atoms with E-state index in [0.29, 0.717) is 0 Å². The fourth-order valence-corrected chi connectivity index (χ4v) is 0. The number of rotatable bonds is 0. The van der Waals surface area contributed by atoms with E-state index in [1.165, 1.54) is 0 Å². The van der Waals surface area contributed by atoms with Gasteiger partial charge in [0.2, 0.25) is 0 Å². The maximum atomic E-state index is 3.25. The largest absolute Gasteiger partial charge is 0.346 e. The summed E-state index contributed by atoms with van der Waals surface area (Å²) in [5.41, 5.74) is 0. The third-order valence-electron chi connectivity index (χ3n) is 0. The molecule has 0 aliphatic rings. The molecule has 0 fully saturated rings. The Bertz CT molecular complexity index is 3.25. The topological polar surface area (TPSA) is 0 Å². The molecule has 0 atom stereocenters. The van der Waals surface area contributed by atoms with Crippen molar-refractivity contribution in [3.8, 4) is 0 Å². The van der Waals surface area contributed by atoms with Crippen molar-refractivity contribution in [2.45, 2.75) is 14.4 Å². The smallest absolute Gasteiger partial charge is 0 e. The predicted octanol–water partition coefficient (Wildman–Crippen LogP) is 1.48. The van der Waals surface area contributed by atoms with Crippen LogP contribution < -0.4 is 0 Å². The molecule has 1 heteroatoms. The summed E-state index contributed by atoms with van der Waals surface area (Å²) in [6, 6.07) is 0. The Kier molecular flexibility index (Phi) is 0. The Hall–Kier alpha value is -1.00. The second kappa shape index (κ2) is 2.00. The van der Waals surface area contributed by atoms with Crippen LogP contribution in [0.2, 0.25) is 0 Å². The molecule has 0 aromatic carbocycles. The van der Waals surface area contributed by atoms with E-state index in [1.54, 1.807) is 6.92 Å². The van der Waals surface area contributed by atoms with Crippen molar-refractivity contribution >= 4 is 0 Å². The van der Waals surface area contributed by atoms with E-state index in [9.17, 15) is 0 Å². The van der Waals surface area contributed by atoms with Gasteiger partial charge in [0.15, 0.2) is 0 Å². The molecule has 4 heavy (non-hydrogen) atoms. The molecule has 24 valence electrons. The number of hydrogen-bond acceptors (Lipinski definition) is 0. The summed E-state index contributed by atoms with van der Waals surface area (Å²) in [4.78, 5) is 0. The van der Waals surface area contributed by atoms with E-state index in [1.807, 2.05) is 0 Å². The van der Waals surface area contributed by atoms with Gasteiger partial charge in [-0.05, 0) is 0 Å². The molecule has 0 unspecified atom stereocenters.